The van der Waals surface area contributed by atoms with Crippen molar-refractivity contribution in [3.63, 3.8) is 0 Å². The first-order valence-electron chi connectivity index (χ1n) is 4.32. The van der Waals surface area contributed by atoms with Gasteiger partial charge in [-0.05, 0) is 6.92 Å². The summed E-state index contributed by atoms with van der Waals surface area (Å²) in [6, 6.07) is 0. The number of halogens is 1. The van der Waals surface area contributed by atoms with Gasteiger partial charge in [0, 0.05) is 6.08 Å². The summed E-state index contributed by atoms with van der Waals surface area (Å²) in [6.07, 6.45) is 2.35. The third-order valence-electron chi connectivity index (χ3n) is 1.36. The zero-order valence-electron chi connectivity index (χ0n) is 8.79. The molecule has 0 aliphatic heterocycles. The van der Waals surface area contributed by atoms with Crippen molar-refractivity contribution >= 4 is 5.97 Å². The highest BCUT2D eigenvalue weighted by Crippen LogP contribution is 1.85. The molecule has 0 saturated heterocycles. The van der Waals surface area contributed by atoms with Gasteiger partial charge in [0.05, 0.1) is 14.1 Å². The van der Waals surface area contributed by atoms with E-state index in [1.54, 1.807) is 13.0 Å². The average Bonchev–Trinajstić information content (AvgIpc) is 2.00. The predicted octanol–water partition coefficient (Wildman–Crippen LogP) is -4.38. The minimum atomic E-state index is -0.584. The lowest BCUT2D eigenvalue weighted by atomic mass is 10.3. The SMILES string of the molecule is CC=CC(=O)OCC(O)C[NH+](C)C.[Cl-]. The number of hydrogen-bond donors (Lipinski definition) is 2. The molecular weight excluding hydrogens is 206 g/mol. The summed E-state index contributed by atoms with van der Waals surface area (Å²) in [4.78, 5) is 11.9. The van der Waals surface area contributed by atoms with Crippen LogP contribution in [-0.4, -0.2) is 44.4 Å². The van der Waals surface area contributed by atoms with E-state index in [0.717, 1.165) is 4.90 Å². The molecule has 2 N–H and O–H groups in total. The fourth-order valence-corrected chi connectivity index (χ4v) is 0.893. The van der Waals surface area contributed by atoms with Crippen LogP contribution in [0, 0.1) is 0 Å². The van der Waals surface area contributed by atoms with Crippen LogP contribution in [0.2, 0.25) is 0 Å². The van der Waals surface area contributed by atoms with Crippen LogP contribution in [0.15, 0.2) is 12.2 Å². The average molecular weight is 224 g/mol. The van der Waals surface area contributed by atoms with Crippen LogP contribution in [0.3, 0.4) is 0 Å². The van der Waals surface area contributed by atoms with Gasteiger partial charge in [-0.3, -0.25) is 0 Å². The van der Waals surface area contributed by atoms with E-state index >= 15 is 0 Å². The Hall–Kier alpha value is -0.580. The monoisotopic (exact) mass is 223 g/mol. The highest BCUT2D eigenvalue weighted by atomic mass is 35.5. The number of hydrogen-bond acceptors (Lipinski definition) is 3. The molecule has 84 valence electrons. The smallest absolute Gasteiger partial charge is 0.330 e. The number of quaternary nitrogens is 1. The van der Waals surface area contributed by atoms with Crippen LogP contribution in [0.1, 0.15) is 6.92 Å². The second kappa shape index (κ2) is 8.99. The van der Waals surface area contributed by atoms with Crippen molar-refractivity contribution < 1.29 is 31.9 Å². The molecule has 1 atom stereocenters. The molecule has 0 amide bonds. The van der Waals surface area contributed by atoms with Gasteiger partial charge < -0.3 is 27.2 Å². The van der Waals surface area contributed by atoms with Gasteiger partial charge in [-0.25, -0.2) is 4.79 Å². The topological polar surface area (TPSA) is 51.0 Å². The van der Waals surface area contributed by atoms with Gasteiger partial charge in [-0.15, -0.1) is 0 Å². The first kappa shape index (κ1) is 15.9. The molecule has 4 nitrogen and oxygen atoms in total. The summed E-state index contributed by atoms with van der Waals surface area (Å²) < 4.78 is 4.76. The Morgan fingerprint density at radius 3 is 2.57 bits per heavy atom. The Labute approximate surface area is 91.0 Å². The minimum absolute atomic E-state index is 0. The molecule has 1 unspecified atom stereocenters. The molecule has 0 rings (SSSR count). The van der Waals surface area contributed by atoms with E-state index in [1.807, 2.05) is 14.1 Å². The first-order valence-corrected chi connectivity index (χ1v) is 4.32. The molecule has 0 radical (unpaired) electrons. The number of carbonyl (C=O) groups excluding carboxylic acids is 1. The Kier molecular flexibility index (Phi) is 10.2. The molecular formula is C9H18ClNO3. The van der Waals surface area contributed by atoms with Crippen LogP contribution in [0.25, 0.3) is 0 Å². The zero-order valence-corrected chi connectivity index (χ0v) is 9.54. The van der Waals surface area contributed by atoms with Gasteiger partial charge in [-0.2, -0.15) is 0 Å². The lowest BCUT2D eigenvalue weighted by Crippen LogP contribution is -3.07. The van der Waals surface area contributed by atoms with E-state index in [0.29, 0.717) is 6.54 Å². The Bertz CT molecular complexity index is 183. The number of aliphatic hydroxyl groups excluding tert-OH is 1. The number of nitrogens with one attached hydrogen (secondary N) is 1. The van der Waals surface area contributed by atoms with E-state index < -0.39 is 12.1 Å². The number of likely N-dealkylation sites (N-methyl/N-ethyl adjacent to an activating group) is 1. The second-order valence-electron chi connectivity index (χ2n) is 3.20. The van der Waals surface area contributed by atoms with Gasteiger partial charge in [0.25, 0.3) is 0 Å². The molecule has 0 heterocycles. The molecule has 0 aliphatic rings. The largest absolute Gasteiger partial charge is 1.00 e. The first-order chi connectivity index (χ1) is 6.06. The lowest BCUT2D eigenvalue weighted by molar-refractivity contribution is -0.861. The maximum atomic E-state index is 10.8. The highest BCUT2D eigenvalue weighted by Gasteiger charge is 2.09. The maximum absolute atomic E-state index is 10.8. The number of carbonyl (C=O) groups is 1. The summed E-state index contributed by atoms with van der Waals surface area (Å²) in [6.45, 7) is 2.37. The van der Waals surface area contributed by atoms with E-state index in [-0.39, 0.29) is 19.0 Å². The van der Waals surface area contributed by atoms with Crippen molar-refractivity contribution in [2.45, 2.75) is 13.0 Å². The van der Waals surface area contributed by atoms with Crippen molar-refractivity contribution in [1.82, 2.24) is 0 Å². The van der Waals surface area contributed by atoms with Gasteiger partial charge in [0.1, 0.15) is 19.3 Å². The van der Waals surface area contributed by atoms with Crippen LogP contribution in [0.4, 0.5) is 0 Å². The molecule has 0 aromatic rings. The van der Waals surface area contributed by atoms with Crippen molar-refractivity contribution in [2.24, 2.45) is 0 Å². The molecule has 0 aliphatic carbocycles. The standard InChI is InChI=1S/C9H17NO3.ClH/c1-4-5-9(12)13-7-8(11)6-10(2)3;/h4-5,8,11H,6-7H2,1-3H3;1H. The van der Waals surface area contributed by atoms with Gasteiger partial charge >= 0.3 is 5.97 Å². The number of rotatable bonds is 5. The second-order valence-corrected chi connectivity index (χ2v) is 3.20. The van der Waals surface area contributed by atoms with E-state index in [1.165, 1.54) is 6.08 Å². The molecule has 5 heteroatoms. The summed E-state index contributed by atoms with van der Waals surface area (Å²) in [5.41, 5.74) is 0. The summed E-state index contributed by atoms with van der Waals surface area (Å²) in [5, 5.41) is 9.31. The minimum Gasteiger partial charge on any atom is -1.00 e. The fraction of sp³-hybridized carbons (Fsp3) is 0.667. The predicted molar refractivity (Wildman–Crippen MR) is 49.5 cm³/mol. The molecule has 0 fully saturated rings. The molecule has 0 saturated carbocycles. The van der Waals surface area contributed by atoms with Crippen LogP contribution in [0.5, 0.6) is 0 Å². The van der Waals surface area contributed by atoms with Crippen LogP contribution in [-0.2, 0) is 9.53 Å². The summed E-state index contributed by atoms with van der Waals surface area (Å²) in [7, 11) is 3.86. The number of ether oxygens (including phenoxy) is 1. The quantitative estimate of drug-likeness (QED) is 0.366. The highest BCUT2D eigenvalue weighted by molar-refractivity contribution is 5.81. The number of aliphatic hydroxyl groups is 1. The molecule has 14 heavy (non-hydrogen) atoms. The van der Waals surface area contributed by atoms with Gasteiger partial charge in [-0.1, -0.05) is 6.08 Å². The van der Waals surface area contributed by atoms with Gasteiger partial charge in [0.15, 0.2) is 0 Å². The molecule has 0 spiro atoms. The van der Waals surface area contributed by atoms with E-state index in [9.17, 15) is 9.90 Å². The van der Waals surface area contributed by atoms with Crippen molar-refractivity contribution in [1.29, 1.82) is 0 Å². The Morgan fingerprint density at radius 2 is 2.14 bits per heavy atom. The number of esters is 1. The fourth-order valence-electron chi connectivity index (χ4n) is 0.893. The Morgan fingerprint density at radius 1 is 1.57 bits per heavy atom. The normalized spacial score (nSPS) is 12.6. The summed E-state index contributed by atoms with van der Waals surface area (Å²) in [5.74, 6) is -0.407. The third-order valence-corrected chi connectivity index (χ3v) is 1.36. The summed E-state index contributed by atoms with van der Waals surface area (Å²) >= 11 is 0. The zero-order chi connectivity index (χ0) is 10.3. The van der Waals surface area contributed by atoms with E-state index in [2.05, 4.69) is 0 Å². The molecule has 0 aromatic carbocycles. The lowest BCUT2D eigenvalue weighted by Gasteiger charge is -2.12. The van der Waals surface area contributed by atoms with E-state index in [4.69, 9.17) is 4.74 Å². The third kappa shape index (κ3) is 9.51. The van der Waals surface area contributed by atoms with Crippen LogP contribution >= 0.6 is 0 Å². The van der Waals surface area contributed by atoms with Gasteiger partial charge in [0.2, 0.25) is 0 Å². The van der Waals surface area contributed by atoms with Crippen molar-refractivity contribution in [3.8, 4) is 0 Å². The number of allylic oxidation sites excluding steroid dienone is 1. The van der Waals surface area contributed by atoms with Crippen LogP contribution < -0.4 is 17.3 Å². The van der Waals surface area contributed by atoms with Crippen molar-refractivity contribution in [2.75, 3.05) is 27.2 Å². The molecule has 0 aromatic heterocycles. The Balaban J connectivity index is 0. The molecule has 0 bridgehead atoms. The maximum Gasteiger partial charge on any atom is 0.330 e. The van der Waals surface area contributed by atoms with Crippen molar-refractivity contribution in [3.05, 3.63) is 12.2 Å².